The average Bonchev–Trinajstić information content (AvgIpc) is 2.70. The monoisotopic (exact) mass is 380 g/mol. The molecule has 2 aliphatic rings. The van der Waals surface area contributed by atoms with E-state index in [-0.39, 0.29) is 0 Å². The zero-order chi connectivity index (χ0) is 19.7. The lowest BCUT2D eigenvalue weighted by molar-refractivity contribution is 0.195. The Bertz CT molecular complexity index is 851. The average molecular weight is 381 g/mol. The second kappa shape index (κ2) is 8.18. The molecule has 4 rings (SSSR count). The molecule has 0 bridgehead atoms. The minimum absolute atomic E-state index is 0.443. The SMILES string of the molecule is COc1cc(C)c(CN2CCC[C@H](c3ncc4c(n3)CCN(C)C4)C2)cc1C. The van der Waals surface area contributed by atoms with Crippen molar-refractivity contribution in [3.63, 3.8) is 0 Å². The van der Waals surface area contributed by atoms with Gasteiger partial charge in [0.05, 0.1) is 7.11 Å². The van der Waals surface area contributed by atoms with E-state index < -0.39 is 0 Å². The van der Waals surface area contributed by atoms with Gasteiger partial charge in [0.2, 0.25) is 0 Å². The largest absolute Gasteiger partial charge is 0.496 e. The van der Waals surface area contributed by atoms with Crippen LogP contribution in [0.1, 0.15) is 52.5 Å². The molecule has 28 heavy (non-hydrogen) atoms. The molecular weight excluding hydrogens is 348 g/mol. The zero-order valence-corrected chi connectivity index (χ0v) is 17.7. The second-order valence-corrected chi connectivity index (χ2v) is 8.51. The number of fused-ring (bicyclic) bond motifs is 1. The fraction of sp³-hybridized carbons (Fsp3) is 0.565. The number of likely N-dealkylation sites (tertiary alicyclic amines) is 1. The van der Waals surface area contributed by atoms with Gasteiger partial charge in [-0.25, -0.2) is 9.97 Å². The van der Waals surface area contributed by atoms with Crippen molar-refractivity contribution in [1.82, 2.24) is 19.8 Å². The first-order valence-corrected chi connectivity index (χ1v) is 10.4. The van der Waals surface area contributed by atoms with Crippen LogP contribution in [-0.4, -0.2) is 53.6 Å². The first-order valence-electron chi connectivity index (χ1n) is 10.4. The number of methoxy groups -OCH3 is 1. The molecule has 5 heteroatoms. The second-order valence-electron chi connectivity index (χ2n) is 8.51. The number of rotatable bonds is 4. The number of aryl methyl sites for hydroxylation is 2. The van der Waals surface area contributed by atoms with Gasteiger partial charge in [-0.3, -0.25) is 4.90 Å². The van der Waals surface area contributed by atoms with E-state index in [4.69, 9.17) is 14.7 Å². The summed E-state index contributed by atoms with van der Waals surface area (Å²) in [5.74, 6) is 2.47. The summed E-state index contributed by atoms with van der Waals surface area (Å²) in [6.45, 7) is 9.56. The Morgan fingerprint density at radius 2 is 2.04 bits per heavy atom. The van der Waals surface area contributed by atoms with Gasteiger partial charge in [0.25, 0.3) is 0 Å². The van der Waals surface area contributed by atoms with Crippen LogP contribution >= 0.6 is 0 Å². The first kappa shape index (κ1) is 19.3. The number of hydrogen-bond acceptors (Lipinski definition) is 5. The van der Waals surface area contributed by atoms with Gasteiger partial charge in [-0.2, -0.15) is 0 Å². The van der Waals surface area contributed by atoms with Crippen molar-refractivity contribution in [1.29, 1.82) is 0 Å². The Morgan fingerprint density at radius 1 is 1.18 bits per heavy atom. The van der Waals surface area contributed by atoms with Gasteiger partial charge in [-0.05, 0) is 63.0 Å². The topological polar surface area (TPSA) is 41.5 Å². The van der Waals surface area contributed by atoms with E-state index in [1.54, 1.807) is 7.11 Å². The summed E-state index contributed by atoms with van der Waals surface area (Å²) in [5.41, 5.74) is 6.48. The van der Waals surface area contributed by atoms with Crippen LogP contribution in [0, 0.1) is 13.8 Å². The Labute approximate surface area is 168 Å². The van der Waals surface area contributed by atoms with Crippen molar-refractivity contribution in [3.8, 4) is 5.75 Å². The summed E-state index contributed by atoms with van der Waals surface area (Å²) >= 11 is 0. The highest BCUT2D eigenvalue weighted by Gasteiger charge is 2.25. The molecule has 1 aromatic carbocycles. The molecule has 150 valence electrons. The molecule has 3 heterocycles. The van der Waals surface area contributed by atoms with E-state index in [0.29, 0.717) is 5.92 Å². The highest BCUT2D eigenvalue weighted by Crippen LogP contribution is 2.29. The molecule has 0 N–H and O–H groups in total. The quantitative estimate of drug-likeness (QED) is 0.812. The van der Waals surface area contributed by atoms with Crippen molar-refractivity contribution < 1.29 is 4.74 Å². The minimum Gasteiger partial charge on any atom is -0.496 e. The van der Waals surface area contributed by atoms with Gasteiger partial charge in [-0.1, -0.05) is 6.07 Å². The minimum atomic E-state index is 0.443. The van der Waals surface area contributed by atoms with Gasteiger partial charge < -0.3 is 9.64 Å². The highest BCUT2D eigenvalue weighted by atomic mass is 16.5. The maximum atomic E-state index is 5.46. The molecule has 1 aromatic heterocycles. The molecule has 1 saturated heterocycles. The van der Waals surface area contributed by atoms with Crippen molar-refractivity contribution in [2.75, 3.05) is 33.8 Å². The highest BCUT2D eigenvalue weighted by molar-refractivity contribution is 5.41. The maximum absolute atomic E-state index is 5.46. The number of likely N-dealkylation sites (N-methyl/N-ethyl adjacent to an activating group) is 1. The van der Waals surface area contributed by atoms with Crippen LogP contribution in [-0.2, 0) is 19.5 Å². The van der Waals surface area contributed by atoms with Gasteiger partial charge in [0.1, 0.15) is 11.6 Å². The van der Waals surface area contributed by atoms with Gasteiger partial charge in [-0.15, -0.1) is 0 Å². The summed E-state index contributed by atoms with van der Waals surface area (Å²) in [6.07, 6.45) is 5.52. The van der Waals surface area contributed by atoms with Gasteiger partial charge in [0.15, 0.2) is 0 Å². The number of ether oxygens (including phenoxy) is 1. The smallest absolute Gasteiger partial charge is 0.132 e. The Hall–Kier alpha value is -1.98. The summed E-state index contributed by atoms with van der Waals surface area (Å²) in [6, 6.07) is 4.44. The van der Waals surface area contributed by atoms with Crippen molar-refractivity contribution in [3.05, 3.63) is 52.1 Å². The molecule has 0 amide bonds. The predicted octanol–water partition coefficient (Wildman–Crippen LogP) is 3.47. The van der Waals surface area contributed by atoms with E-state index in [1.807, 2.05) is 0 Å². The van der Waals surface area contributed by atoms with Gasteiger partial charge in [0, 0.05) is 56.0 Å². The van der Waals surface area contributed by atoms with Crippen molar-refractivity contribution in [2.45, 2.75) is 52.1 Å². The molecular formula is C23H32N4O. The van der Waals surface area contributed by atoms with Gasteiger partial charge >= 0.3 is 0 Å². The molecule has 1 atom stereocenters. The number of nitrogens with zero attached hydrogens (tertiary/aromatic N) is 4. The predicted molar refractivity (Wildman–Crippen MR) is 112 cm³/mol. The van der Waals surface area contributed by atoms with E-state index in [1.165, 1.54) is 40.8 Å². The zero-order valence-electron chi connectivity index (χ0n) is 17.7. The molecule has 2 aromatic rings. The molecule has 5 nitrogen and oxygen atoms in total. The third-order valence-corrected chi connectivity index (χ3v) is 6.26. The van der Waals surface area contributed by atoms with E-state index in [0.717, 1.165) is 50.7 Å². The Kier molecular flexibility index (Phi) is 5.65. The van der Waals surface area contributed by atoms with Crippen molar-refractivity contribution in [2.24, 2.45) is 0 Å². The Morgan fingerprint density at radius 3 is 2.86 bits per heavy atom. The normalized spacial score (nSPS) is 20.8. The number of benzene rings is 1. The molecule has 0 unspecified atom stereocenters. The number of aromatic nitrogens is 2. The number of piperidine rings is 1. The maximum Gasteiger partial charge on any atom is 0.132 e. The van der Waals surface area contributed by atoms with E-state index in [2.05, 4.69) is 49.0 Å². The fourth-order valence-corrected chi connectivity index (χ4v) is 4.56. The number of hydrogen-bond donors (Lipinski definition) is 0. The third kappa shape index (κ3) is 4.06. The summed E-state index contributed by atoms with van der Waals surface area (Å²) in [4.78, 5) is 14.7. The summed E-state index contributed by atoms with van der Waals surface area (Å²) in [5, 5.41) is 0. The van der Waals surface area contributed by atoms with Crippen LogP contribution in [0.25, 0.3) is 0 Å². The summed E-state index contributed by atoms with van der Waals surface area (Å²) in [7, 11) is 3.91. The lowest BCUT2D eigenvalue weighted by atomic mass is 9.95. The molecule has 0 aliphatic carbocycles. The van der Waals surface area contributed by atoms with E-state index in [9.17, 15) is 0 Å². The van der Waals surface area contributed by atoms with Crippen LogP contribution in [0.15, 0.2) is 18.3 Å². The Balaban J connectivity index is 1.47. The van der Waals surface area contributed by atoms with Crippen LogP contribution in [0.3, 0.4) is 0 Å². The third-order valence-electron chi connectivity index (χ3n) is 6.26. The molecule has 0 radical (unpaired) electrons. The van der Waals surface area contributed by atoms with Crippen LogP contribution < -0.4 is 4.74 Å². The lowest BCUT2D eigenvalue weighted by Crippen LogP contribution is -2.35. The molecule has 0 saturated carbocycles. The molecule has 0 spiro atoms. The standard InChI is InChI=1S/C23H32N4O/c1-16-11-22(28-4)17(2)10-19(16)15-27-8-5-6-18(14-27)23-24-12-20-13-26(3)9-7-21(20)25-23/h10-12,18H,5-9,13-15H2,1-4H3/t18-/m0/s1. The molecule has 2 aliphatic heterocycles. The first-order chi connectivity index (χ1) is 13.5. The lowest BCUT2D eigenvalue weighted by Gasteiger charge is -2.33. The van der Waals surface area contributed by atoms with Crippen LogP contribution in [0.2, 0.25) is 0 Å². The van der Waals surface area contributed by atoms with E-state index >= 15 is 0 Å². The van der Waals surface area contributed by atoms with Crippen LogP contribution in [0.5, 0.6) is 5.75 Å². The van der Waals surface area contributed by atoms with Crippen molar-refractivity contribution >= 4 is 0 Å². The molecule has 1 fully saturated rings. The fourth-order valence-electron chi connectivity index (χ4n) is 4.56. The summed E-state index contributed by atoms with van der Waals surface area (Å²) < 4.78 is 5.46. The van der Waals surface area contributed by atoms with Crippen LogP contribution in [0.4, 0.5) is 0 Å².